The van der Waals surface area contributed by atoms with Crippen molar-refractivity contribution in [1.29, 1.82) is 0 Å². The lowest BCUT2D eigenvalue weighted by molar-refractivity contribution is -0.00488. The Morgan fingerprint density at radius 2 is 2.45 bits per heavy atom. The Bertz CT molecular complexity index is 273. The molecule has 0 heterocycles. The SMILES string of the molecule is [N-]=[N+]=C1CC12CC=C(N)CC2. The van der Waals surface area contributed by atoms with Gasteiger partial charge in [-0.1, -0.05) is 6.08 Å². The van der Waals surface area contributed by atoms with E-state index < -0.39 is 0 Å². The number of nitrogens with zero attached hydrogens (tertiary/aromatic N) is 2. The lowest BCUT2D eigenvalue weighted by atomic mass is 9.89. The summed E-state index contributed by atoms with van der Waals surface area (Å²) in [6.07, 6.45) is 6.01. The van der Waals surface area contributed by atoms with Crippen LogP contribution in [-0.2, 0) is 0 Å². The molecule has 58 valence electrons. The largest absolute Gasteiger partial charge is 0.402 e. The molecule has 11 heavy (non-hydrogen) atoms. The van der Waals surface area contributed by atoms with E-state index >= 15 is 0 Å². The molecule has 3 nitrogen and oxygen atoms in total. The molecule has 0 aromatic carbocycles. The maximum Gasteiger partial charge on any atom is 0.277 e. The molecule has 3 heteroatoms. The highest BCUT2D eigenvalue weighted by Gasteiger charge is 2.58. The highest BCUT2D eigenvalue weighted by molar-refractivity contribution is 6.01. The summed E-state index contributed by atoms with van der Waals surface area (Å²) in [6, 6.07) is 0. The van der Waals surface area contributed by atoms with Crippen LogP contribution in [0, 0.1) is 5.41 Å². The van der Waals surface area contributed by atoms with Crippen LogP contribution in [0.2, 0.25) is 0 Å². The summed E-state index contributed by atoms with van der Waals surface area (Å²) in [7, 11) is 0. The topological polar surface area (TPSA) is 62.4 Å². The summed E-state index contributed by atoms with van der Waals surface area (Å²) in [5, 5.41) is 0. The molecule has 0 bridgehead atoms. The van der Waals surface area contributed by atoms with E-state index in [0.717, 1.165) is 37.1 Å². The second kappa shape index (κ2) is 1.95. The van der Waals surface area contributed by atoms with Gasteiger partial charge in [0.25, 0.3) is 5.71 Å². The first-order valence-corrected chi connectivity index (χ1v) is 3.93. The van der Waals surface area contributed by atoms with Crippen molar-refractivity contribution in [3.8, 4) is 0 Å². The van der Waals surface area contributed by atoms with Crippen molar-refractivity contribution in [3.63, 3.8) is 0 Å². The summed E-state index contributed by atoms with van der Waals surface area (Å²) in [4.78, 5) is 3.25. The molecule has 2 aliphatic rings. The van der Waals surface area contributed by atoms with E-state index in [1.165, 1.54) is 0 Å². The van der Waals surface area contributed by atoms with Gasteiger partial charge in [-0.05, 0) is 19.3 Å². The molecule has 2 N–H and O–H groups in total. The standard InChI is InChI=1S/C8H11N3/c9-6-1-3-8(4-2-6)5-7(8)11-10/h1H,2-5,9H2. The molecule has 1 unspecified atom stereocenters. The van der Waals surface area contributed by atoms with Crippen LogP contribution in [0.3, 0.4) is 0 Å². The summed E-state index contributed by atoms with van der Waals surface area (Å²) in [5.41, 5.74) is 16.3. The van der Waals surface area contributed by atoms with Gasteiger partial charge in [0.2, 0.25) is 0 Å². The van der Waals surface area contributed by atoms with Crippen LogP contribution in [0.1, 0.15) is 25.7 Å². The molecule has 1 atom stereocenters. The average molecular weight is 149 g/mol. The zero-order valence-electron chi connectivity index (χ0n) is 6.38. The minimum Gasteiger partial charge on any atom is -0.402 e. The van der Waals surface area contributed by atoms with Crippen molar-refractivity contribution in [2.75, 3.05) is 0 Å². The normalized spacial score (nSPS) is 34.9. The van der Waals surface area contributed by atoms with E-state index in [-0.39, 0.29) is 5.41 Å². The number of rotatable bonds is 0. The first-order valence-electron chi connectivity index (χ1n) is 3.93. The fraction of sp³-hybridized carbons (Fsp3) is 0.625. The Morgan fingerprint density at radius 3 is 2.91 bits per heavy atom. The third-order valence-corrected chi connectivity index (χ3v) is 2.76. The van der Waals surface area contributed by atoms with Gasteiger partial charge in [0.1, 0.15) is 0 Å². The van der Waals surface area contributed by atoms with E-state index in [0.29, 0.717) is 0 Å². The Morgan fingerprint density at radius 1 is 1.64 bits per heavy atom. The van der Waals surface area contributed by atoms with Crippen molar-refractivity contribution in [2.24, 2.45) is 11.1 Å². The predicted molar refractivity (Wildman–Crippen MR) is 41.8 cm³/mol. The van der Waals surface area contributed by atoms with E-state index in [1.54, 1.807) is 0 Å². The van der Waals surface area contributed by atoms with Crippen LogP contribution in [0.5, 0.6) is 0 Å². The molecule has 0 aliphatic heterocycles. The van der Waals surface area contributed by atoms with Gasteiger partial charge in [-0.3, -0.25) is 0 Å². The molecule has 0 radical (unpaired) electrons. The fourth-order valence-electron chi connectivity index (χ4n) is 1.75. The molecule has 1 spiro atoms. The van der Waals surface area contributed by atoms with Gasteiger partial charge in [-0.25, -0.2) is 0 Å². The van der Waals surface area contributed by atoms with E-state index in [1.807, 2.05) is 0 Å². The lowest BCUT2D eigenvalue weighted by Gasteiger charge is -2.14. The van der Waals surface area contributed by atoms with Crippen LogP contribution in [-0.4, -0.2) is 10.5 Å². The smallest absolute Gasteiger partial charge is 0.277 e. The van der Waals surface area contributed by atoms with Gasteiger partial charge >= 0.3 is 0 Å². The van der Waals surface area contributed by atoms with Gasteiger partial charge in [-0.15, -0.1) is 0 Å². The molecule has 0 aromatic heterocycles. The maximum atomic E-state index is 8.53. The van der Waals surface area contributed by atoms with E-state index in [9.17, 15) is 0 Å². The Balaban J connectivity index is 2.18. The minimum atomic E-state index is 0.220. The van der Waals surface area contributed by atoms with Crippen LogP contribution >= 0.6 is 0 Å². The predicted octanol–water partition coefficient (Wildman–Crippen LogP) is 1.07. The second-order valence-electron chi connectivity index (χ2n) is 3.49. The van der Waals surface area contributed by atoms with Crippen molar-refractivity contribution >= 4 is 5.71 Å². The van der Waals surface area contributed by atoms with Gasteiger partial charge in [0, 0.05) is 5.70 Å². The zero-order valence-corrected chi connectivity index (χ0v) is 6.38. The van der Waals surface area contributed by atoms with Gasteiger partial charge in [0.15, 0.2) is 0 Å². The number of hydrogen-bond donors (Lipinski definition) is 1. The Kier molecular flexibility index (Phi) is 1.18. The van der Waals surface area contributed by atoms with Crippen molar-refractivity contribution < 1.29 is 4.79 Å². The third kappa shape index (κ3) is 0.889. The van der Waals surface area contributed by atoms with Gasteiger partial charge < -0.3 is 11.3 Å². The molecule has 2 aliphatic carbocycles. The number of hydrogen-bond acceptors (Lipinski definition) is 1. The average Bonchev–Trinajstić information content (AvgIpc) is 2.71. The minimum absolute atomic E-state index is 0.220. The molecular weight excluding hydrogens is 138 g/mol. The van der Waals surface area contributed by atoms with E-state index in [4.69, 9.17) is 11.3 Å². The molecule has 0 saturated heterocycles. The zero-order chi connectivity index (χ0) is 7.90. The second-order valence-corrected chi connectivity index (χ2v) is 3.49. The Labute approximate surface area is 65.5 Å². The monoisotopic (exact) mass is 149 g/mol. The van der Waals surface area contributed by atoms with Crippen LogP contribution in [0.4, 0.5) is 0 Å². The van der Waals surface area contributed by atoms with Gasteiger partial charge in [0.05, 0.1) is 11.8 Å². The molecule has 0 amide bonds. The fourth-order valence-corrected chi connectivity index (χ4v) is 1.75. The molecule has 0 aromatic rings. The highest BCUT2D eigenvalue weighted by atomic mass is 14.9. The summed E-state index contributed by atoms with van der Waals surface area (Å²) >= 11 is 0. The summed E-state index contributed by atoms with van der Waals surface area (Å²) in [5.74, 6) is 0. The summed E-state index contributed by atoms with van der Waals surface area (Å²) < 4.78 is 0. The quantitative estimate of drug-likeness (QED) is 0.406. The van der Waals surface area contributed by atoms with Crippen molar-refractivity contribution in [2.45, 2.75) is 25.7 Å². The first kappa shape index (κ1) is 6.62. The third-order valence-electron chi connectivity index (χ3n) is 2.76. The number of allylic oxidation sites excluding steroid dienone is 2. The van der Waals surface area contributed by atoms with Crippen LogP contribution in [0.15, 0.2) is 11.8 Å². The first-order chi connectivity index (χ1) is 5.27. The summed E-state index contributed by atoms with van der Waals surface area (Å²) in [6.45, 7) is 0. The molecule has 2 rings (SSSR count). The van der Waals surface area contributed by atoms with Crippen LogP contribution < -0.4 is 5.73 Å². The molecular formula is C8H11N3. The van der Waals surface area contributed by atoms with Crippen molar-refractivity contribution in [1.82, 2.24) is 0 Å². The van der Waals surface area contributed by atoms with E-state index in [2.05, 4.69) is 10.9 Å². The van der Waals surface area contributed by atoms with Crippen LogP contribution in [0.25, 0.3) is 5.53 Å². The highest BCUT2D eigenvalue weighted by Crippen LogP contribution is 2.51. The number of nitrogens with two attached hydrogens (primary N) is 1. The van der Waals surface area contributed by atoms with Crippen molar-refractivity contribution in [3.05, 3.63) is 17.3 Å². The maximum absolute atomic E-state index is 8.53. The lowest BCUT2D eigenvalue weighted by Crippen LogP contribution is -2.12. The Hall–Kier alpha value is -1.08. The molecule has 1 saturated carbocycles. The molecule has 1 fully saturated rings. The van der Waals surface area contributed by atoms with Gasteiger partial charge in [-0.2, -0.15) is 4.79 Å².